The zero-order valence-corrected chi connectivity index (χ0v) is 41.1. The molecule has 0 aliphatic heterocycles. The lowest BCUT2D eigenvalue weighted by atomic mass is 10.0. The molecule has 0 radical (unpaired) electrons. The Morgan fingerprint density at radius 1 is 0.492 bits per heavy atom. The molecule has 0 fully saturated rings. The number of hydrogen-bond donors (Lipinski definition) is 3. The van der Waals surface area contributed by atoms with Crippen molar-refractivity contribution in [2.45, 2.75) is 75.7 Å². The molecule has 0 aliphatic carbocycles. The van der Waals surface area contributed by atoms with Crippen molar-refractivity contribution in [2.75, 3.05) is 0 Å². The molecule has 0 bridgehead atoms. The number of aryl methyl sites for hydroxylation is 9. The molecule has 0 amide bonds. The van der Waals surface area contributed by atoms with Crippen LogP contribution in [0.2, 0.25) is 0 Å². The summed E-state index contributed by atoms with van der Waals surface area (Å²) in [5.41, 5.74) is 16.2. The predicted octanol–water partition coefficient (Wildman–Crippen LogP) is 11.1. The number of Topliss-reactive ketones (excluding diaryl/α,β-unsaturated/α-hetero) is 1. The number of rotatable bonds is 5. The first-order valence-electron chi connectivity index (χ1n) is 20.4. The van der Waals surface area contributed by atoms with Gasteiger partial charge in [0.15, 0.2) is 0 Å². The number of aromatic nitrogens is 9. The molecule has 9 rings (SSSR count). The van der Waals surface area contributed by atoms with Gasteiger partial charge in [-0.3, -0.25) is 4.79 Å². The highest BCUT2D eigenvalue weighted by Gasteiger charge is 2.16. The molecule has 0 unspecified atom stereocenters. The van der Waals surface area contributed by atoms with Gasteiger partial charge in [-0.2, -0.15) is 0 Å². The van der Waals surface area contributed by atoms with Gasteiger partial charge in [-0.1, -0.05) is 30.3 Å². The van der Waals surface area contributed by atoms with Crippen LogP contribution in [-0.2, 0) is 11.2 Å². The van der Waals surface area contributed by atoms with E-state index in [1.807, 2.05) is 96.1 Å². The maximum Gasteiger partial charge on any atom is 0.146 e. The third-order valence-corrected chi connectivity index (χ3v) is 10.5. The highest BCUT2D eigenvalue weighted by atomic mass is 128. The van der Waals surface area contributed by atoms with Crippen LogP contribution in [0.15, 0.2) is 84.9 Å². The summed E-state index contributed by atoms with van der Waals surface area (Å²) in [5, 5.41) is 57.2. The Hall–Kier alpha value is -5.95. The summed E-state index contributed by atoms with van der Waals surface area (Å²) in [4.78, 5) is 15.7. The van der Waals surface area contributed by atoms with Crippen LogP contribution in [0.25, 0.3) is 50.2 Å². The summed E-state index contributed by atoms with van der Waals surface area (Å²) in [5.74, 6) is 0.610. The Balaban J connectivity index is 0.000000157. The van der Waals surface area contributed by atoms with Crippen molar-refractivity contribution in [2.24, 2.45) is 0 Å². The van der Waals surface area contributed by atoms with E-state index in [1.165, 1.54) is 25.5 Å². The van der Waals surface area contributed by atoms with Gasteiger partial charge in [-0.25, -0.2) is 0 Å². The van der Waals surface area contributed by atoms with E-state index in [0.717, 1.165) is 61.0 Å². The summed E-state index contributed by atoms with van der Waals surface area (Å²) >= 11 is 4.24. The first-order chi connectivity index (χ1) is 30.3. The Morgan fingerprint density at radius 2 is 0.825 bits per heavy atom. The van der Waals surface area contributed by atoms with E-state index in [-0.39, 0.29) is 23.0 Å². The molecule has 324 valence electrons. The molecule has 3 N–H and O–H groups in total. The van der Waals surface area contributed by atoms with Gasteiger partial charge in [0.25, 0.3) is 0 Å². The van der Waals surface area contributed by atoms with E-state index in [1.54, 1.807) is 38.1 Å². The fourth-order valence-electron chi connectivity index (χ4n) is 7.03. The number of fused-ring (bicyclic) bond motifs is 3. The maximum atomic E-state index is 11.4. The normalized spacial score (nSPS) is 11.1. The van der Waals surface area contributed by atoms with E-state index in [9.17, 15) is 20.1 Å². The van der Waals surface area contributed by atoms with Gasteiger partial charge in [0, 0.05) is 43.7 Å². The van der Waals surface area contributed by atoms with Gasteiger partial charge in [0.2, 0.25) is 0 Å². The summed E-state index contributed by atoms with van der Waals surface area (Å²) in [6.45, 7) is 19.2. The monoisotopic (exact) mass is 1070 g/mol. The first-order valence-corrected chi connectivity index (χ1v) is 26.2. The second-order valence-corrected chi connectivity index (χ2v) is 15.8. The van der Waals surface area contributed by atoms with Crippen LogP contribution in [0.4, 0.5) is 0 Å². The van der Waals surface area contributed by atoms with Crippen molar-refractivity contribution in [3.8, 4) is 34.3 Å². The smallest absolute Gasteiger partial charge is 0.146 e. The Morgan fingerprint density at radius 3 is 1.21 bits per heavy atom. The number of nitrogens with zero attached hydrogens (tertiary/aromatic N) is 9. The number of halogens is 2. The van der Waals surface area contributed by atoms with Crippen molar-refractivity contribution in [3.63, 3.8) is 0 Å². The van der Waals surface area contributed by atoms with Crippen LogP contribution in [0.1, 0.15) is 63.9 Å². The standard InChI is InChI=1S/C18H19N3O2.C16H17N3O.C14H13N3O.I2/c1-10-6-15-16(7-11(10)2)20-21(19-15)17-9-14(8-13(4)22)5-12(3)18(17)23;1-9-5-12(4)16(20)15(6-9)19-17-13-7-10(2)11(3)8-14(13)18-19;1-9-7-10(2)14(18)13(8-9)17-15-11-5-3-4-6-12(11)16-17;1-2/h5-7,9,23H,8H2,1-4H3;5-8,20H,1-4H3;3-8,18H,1-2H3;/i;;3T;. The Bertz CT molecular complexity index is 3140. The minimum absolute atomic E-state index is 0.0749. The number of carbonyl (C=O) groups is 1. The van der Waals surface area contributed by atoms with Crippen LogP contribution in [0.5, 0.6) is 17.2 Å². The molecule has 0 atom stereocenters. The molecule has 9 aromatic rings. The zero-order valence-electron chi connectivity index (χ0n) is 37.7. The molecule has 0 saturated heterocycles. The van der Waals surface area contributed by atoms with Crippen molar-refractivity contribution in [1.29, 1.82) is 0 Å². The van der Waals surface area contributed by atoms with Crippen LogP contribution < -0.4 is 0 Å². The van der Waals surface area contributed by atoms with E-state index in [0.29, 0.717) is 46.1 Å². The Kier molecular flexibility index (Phi) is 14.0. The third kappa shape index (κ3) is 10.5. The number of phenolic OH excluding ortho intramolecular Hbond substituents is 3. The quantitative estimate of drug-likeness (QED) is 0.141. The summed E-state index contributed by atoms with van der Waals surface area (Å²) in [6.07, 6.45) is 0.327. The van der Waals surface area contributed by atoms with Gasteiger partial charge in [-0.15, -0.1) is 45.0 Å². The van der Waals surface area contributed by atoms with Crippen LogP contribution >= 0.6 is 37.2 Å². The highest BCUT2D eigenvalue weighted by molar-refractivity contribution is 15.0. The number of aromatic hydroxyl groups is 3. The molecular weight excluding hydrogens is 1020 g/mol. The van der Waals surface area contributed by atoms with Crippen molar-refractivity contribution >= 4 is 76.1 Å². The molecule has 15 heteroatoms. The molecule has 13 nitrogen and oxygen atoms in total. The van der Waals surface area contributed by atoms with E-state index >= 15 is 0 Å². The van der Waals surface area contributed by atoms with Crippen LogP contribution in [0, 0.1) is 62.3 Å². The molecule has 3 aromatic heterocycles. The number of carbonyl (C=O) groups excluding carboxylic acids is 1. The second kappa shape index (κ2) is 19.6. The first kappa shape index (κ1) is 45.1. The van der Waals surface area contributed by atoms with Gasteiger partial charge in [0.1, 0.15) is 73.2 Å². The van der Waals surface area contributed by atoms with Gasteiger partial charge >= 0.3 is 0 Å². The highest BCUT2D eigenvalue weighted by Crippen LogP contribution is 2.30. The summed E-state index contributed by atoms with van der Waals surface area (Å²) < 4.78 is 7.57. The number of ketones is 1. The zero-order chi connectivity index (χ0) is 46.7. The van der Waals surface area contributed by atoms with E-state index in [2.05, 4.69) is 81.7 Å². The summed E-state index contributed by atoms with van der Waals surface area (Å²) in [6, 6.07) is 24.6. The van der Waals surface area contributed by atoms with Gasteiger partial charge in [0.05, 0.1) is 1.37 Å². The van der Waals surface area contributed by atoms with Crippen LogP contribution in [-0.4, -0.2) is 66.1 Å². The predicted molar refractivity (Wildman–Crippen MR) is 267 cm³/mol. The largest absolute Gasteiger partial charge is 0.505 e. The average Bonchev–Trinajstić information content (AvgIpc) is 3.97. The average molecular weight is 1070 g/mol. The number of hydrogen-bond acceptors (Lipinski definition) is 10. The number of benzene rings is 6. The van der Waals surface area contributed by atoms with Gasteiger partial charge < -0.3 is 15.3 Å². The minimum Gasteiger partial charge on any atom is -0.505 e. The lowest BCUT2D eigenvalue weighted by molar-refractivity contribution is -0.116. The van der Waals surface area contributed by atoms with Crippen molar-refractivity contribution in [1.82, 2.24) is 45.0 Å². The molecule has 6 aromatic carbocycles. The van der Waals surface area contributed by atoms with E-state index in [4.69, 9.17) is 1.37 Å². The topological polar surface area (TPSA) is 170 Å². The fourth-order valence-corrected chi connectivity index (χ4v) is 7.03. The van der Waals surface area contributed by atoms with Crippen LogP contribution in [0.3, 0.4) is 0 Å². The maximum absolute atomic E-state index is 11.4. The molecule has 63 heavy (non-hydrogen) atoms. The molecule has 3 heterocycles. The SMILES string of the molecule is CC(=O)Cc1cc(C)c(O)c(-n2nc3cc(C)c(C)cc3n2)c1.Cc1cc(C)c(O)c(-n2nc3cc(C)c(C)cc3n2)c1.II.[3H]c1ccc2nn(-c3cc(C)cc(C)c3O)nc2c1. The summed E-state index contributed by atoms with van der Waals surface area (Å²) in [7, 11) is 0. The lowest BCUT2D eigenvalue weighted by Gasteiger charge is -2.09. The molecule has 0 saturated carbocycles. The Labute approximate surface area is 390 Å². The third-order valence-electron chi connectivity index (χ3n) is 10.5. The molecule has 0 spiro atoms. The minimum atomic E-state index is 0.0749. The van der Waals surface area contributed by atoms with E-state index < -0.39 is 0 Å². The molecule has 0 aliphatic rings. The fraction of sp³-hybridized carbons (Fsp3) is 0.229. The van der Waals surface area contributed by atoms with Crippen molar-refractivity contribution < 1.29 is 21.5 Å². The van der Waals surface area contributed by atoms with Crippen molar-refractivity contribution in [3.05, 3.63) is 141 Å². The molecular formula is C48H49I2N9O4. The second-order valence-electron chi connectivity index (χ2n) is 15.8. The lowest BCUT2D eigenvalue weighted by Crippen LogP contribution is -2.03. The van der Waals surface area contributed by atoms with Gasteiger partial charge in [-0.05, 0) is 179 Å². The number of phenols is 3.